The first kappa shape index (κ1) is 16.4. The van der Waals surface area contributed by atoms with Gasteiger partial charge in [0, 0.05) is 6.54 Å². The van der Waals surface area contributed by atoms with E-state index >= 15 is 0 Å². The zero-order valence-corrected chi connectivity index (χ0v) is 11.8. The maximum absolute atomic E-state index is 11.6. The third kappa shape index (κ3) is 6.64. The van der Waals surface area contributed by atoms with Gasteiger partial charge in [0.15, 0.2) is 0 Å². The molecule has 0 spiro atoms. The molecule has 0 aromatic carbocycles. The summed E-state index contributed by atoms with van der Waals surface area (Å²) in [4.78, 5) is 14.0. The minimum absolute atomic E-state index is 0.298. The lowest BCUT2D eigenvalue weighted by atomic mass is 9.99. The van der Waals surface area contributed by atoms with Crippen molar-refractivity contribution in [3.8, 4) is 0 Å². The van der Waals surface area contributed by atoms with Gasteiger partial charge in [-0.25, -0.2) is 0 Å². The van der Waals surface area contributed by atoms with E-state index in [0.29, 0.717) is 13.0 Å². The third-order valence-electron chi connectivity index (χ3n) is 2.77. The lowest BCUT2D eigenvalue weighted by Gasteiger charge is -2.27. The van der Waals surface area contributed by atoms with Crippen LogP contribution in [0.3, 0.4) is 0 Å². The van der Waals surface area contributed by atoms with Crippen LogP contribution in [0.4, 0.5) is 0 Å². The number of nitrogens with two attached hydrogens (primary N) is 1. The van der Waals surface area contributed by atoms with Gasteiger partial charge in [-0.05, 0) is 46.2 Å². The van der Waals surface area contributed by atoms with Crippen LogP contribution in [0, 0.1) is 0 Å². The first-order valence-corrected chi connectivity index (χ1v) is 6.66. The molecule has 4 heteroatoms. The zero-order valence-electron chi connectivity index (χ0n) is 11.8. The SMILES string of the molecule is CCCN(CCC)CCC(C)(N)C(=O)OCC. The summed E-state index contributed by atoms with van der Waals surface area (Å²) in [5.74, 6) is -0.298. The van der Waals surface area contributed by atoms with Gasteiger partial charge < -0.3 is 15.4 Å². The fraction of sp³-hybridized carbons (Fsp3) is 0.923. The van der Waals surface area contributed by atoms with Crippen molar-refractivity contribution >= 4 is 5.97 Å². The Balaban J connectivity index is 4.16. The molecule has 0 aliphatic carbocycles. The summed E-state index contributed by atoms with van der Waals surface area (Å²) in [5.41, 5.74) is 5.12. The molecule has 0 heterocycles. The number of esters is 1. The molecular weight excluding hydrogens is 216 g/mol. The molecule has 0 saturated heterocycles. The normalized spacial score (nSPS) is 14.7. The molecular formula is C13H28N2O2. The summed E-state index contributed by atoms with van der Waals surface area (Å²) in [6.45, 7) is 11.2. The fourth-order valence-electron chi connectivity index (χ4n) is 1.76. The third-order valence-corrected chi connectivity index (χ3v) is 2.77. The molecule has 2 N–H and O–H groups in total. The van der Waals surface area contributed by atoms with Crippen molar-refractivity contribution in [1.29, 1.82) is 0 Å². The Bertz CT molecular complexity index is 211. The Morgan fingerprint density at radius 3 is 2.12 bits per heavy atom. The van der Waals surface area contributed by atoms with E-state index in [4.69, 9.17) is 10.5 Å². The van der Waals surface area contributed by atoms with Gasteiger partial charge in [-0.15, -0.1) is 0 Å². The second-order valence-corrected chi connectivity index (χ2v) is 4.73. The van der Waals surface area contributed by atoms with Gasteiger partial charge >= 0.3 is 5.97 Å². The minimum Gasteiger partial charge on any atom is -0.465 e. The van der Waals surface area contributed by atoms with Gasteiger partial charge in [0.1, 0.15) is 5.54 Å². The molecule has 0 aromatic rings. The number of carbonyl (C=O) groups excluding carboxylic acids is 1. The maximum Gasteiger partial charge on any atom is 0.325 e. The van der Waals surface area contributed by atoms with E-state index < -0.39 is 5.54 Å². The Morgan fingerprint density at radius 1 is 1.18 bits per heavy atom. The van der Waals surface area contributed by atoms with Crippen LogP contribution in [0.5, 0.6) is 0 Å². The smallest absolute Gasteiger partial charge is 0.325 e. The van der Waals surface area contributed by atoms with Gasteiger partial charge in [-0.1, -0.05) is 13.8 Å². The van der Waals surface area contributed by atoms with Crippen LogP contribution in [0.1, 0.15) is 47.0 Å². The number of hydrogen-bond acceptors (Lipinski definition) is 4. The van der Waals surface area contributed by atoms with Crippen molar-refractivity contribution in [1.82, 2.24) is 4.90 Å². The van der Waals surface area contributed by atoms with Crippen molar-refractivity contribution in [2.45, 2.75) is 52.5 Å². The summed E-state index contributed by atoms with van der Waals surface area (Å²) >= 11 is 0. The van der Waals surface area contributed by atoms with E-state index in [1.807, 2.05) is 0 Å². The van der Waals surface area contributed by atoms with E-state index in [0.717, 1.165) is 32.5 Å². The van der Waals surface area contributed by atoms with Crippen LogP contribution in [-0.4, -0.2) is 42.6 Å². The number of nitrogens with zero attached hydrogens (tertiary/aromatic N) is 1. The van der Waals surface area contributed by atoms with Crippen molar-refractivity contribution in [3.05, 3.63) is 0 Å². The second kappa shape index (κ2) is 8.48. The molecule has 0 fully saturated rings. The Labute approximate surface area is 105 Å². The number of ether oxygens (including phenoxy) is 1. The molecule has 0 rings (SSSR count). The molecule has 17 heavy (non-hydrogen) atoms. The van der Waals surface area contributed by atoms with Crippen LogP contribution in [-0.2, 0) is 9.53 Å². The van der Waals surface area contributed by atoms with Crippen LogP contribution >= 0.6 is 0 Å². The monoisotopic (exact) mass is 244 g/mol. The average Bonchev–Trinajstić information content (AvgIpc) is 2.27. The van der Waals surface area contributed by atoms with Gasteiger partial charge in [0.05, 0.1) is 6.61 Å². The summed E-state index contributed by atoms with van der Waals surface area (Å²) in [5, 5.41) is 0. The second-order valence-electron chi connectivity index (χ2n) is 4.73. The lowest BCUT2D eigenvalue weighted by Crippen LogP contribution is -2.48. The van der Waals surface area contributed by atoms with E-state index in [9.17, 15) is 4.79 Å². The molecule has 0 saturated carbocycles. The maximum atomic E-state index is 11.6. The van der Waals surface area contributed by atoms with Crippen LogP contribution in [0.2, 0.25) is 0 Å². The highest BCUT2D eigenvalue weighted by Crippen LogP contribution is 2.10. The molecule has 0 amide bonds. The van der Waals surface area contributed by atoms with Crippen molar-refractivity contribution in [3.63, 3.8) is 0 Å². The summed E-state index contributed by atoms with van der Waals surface area (Å²) in [6.07, 6.45) is 2.90. The lowest BCUT2D eigenvalue weighted by molar-refractivity contribution is -0.149. The van der Waals surface area contributed by atoms with E-state index in [1.165, 1.54) is 0 Å². The highest BCUT2D eigenvalue weighted by Gasteiger charge is 2.29. The molecule has 0 radical (unpaired) electrons. The van der Waals surface area contributed by atoms with Crippen molar-refractivity contribution < 1.29 is 9.53 Å². The number of carbonyl (C=O) groups is 1. The van der Waals surface area contributed by atoms with Crippen LogP contribution < -0.4 is 5.73 Å². The predicted octanol–water partition coefficient (Wildman–Crippen LogP) is 1.78. The highest BCUT2D eigenvalue weighted by molar-refractivity contribution is 5.79. The molecule has 0 aliphatic rings. The number of hydrogen-bond donors (Lipinski definition) is 1. The van der Waals surface area contributed by atoms with Crippen molar-refractivity contribution in [2.75, 3.05) is 26.2 Å². The van der Waals surface area contributed by atoms with Gasteiger partial charge in [-0.3, -0.25) is 4.79 Å². The first-order chi connectivity index (χ1) is 7.97. The van der Waals surface area contributed by atoms with Crippen LogP contribution in [0.25, 0.3) is 0 Å². The Morgan fingerprint density at radius 2 is 1.71 bits per heavy atom. The summed E-state index contributed by atoms with van der Waals surface area (Å²) in [7, 11) is 0. The molecule has 0 aliphatic heterocycles. The molecule has 4 nitrogen and oxygen atoms in total. The van der Waals surface area contributed by atoms with Gasteiger partial charge in [-0.2, -0.15) is 0 Å². The molecule has 102 valence electrons. The largest absolute Gasteiger partial charge is 0.465 e. The van der Waals surface area contributed by atoms with Gasteiger partial charge in [0.25, 0.3) is 0 Å². The minimum atomic E-state index is -0.865. The molecule has 1 unspecified atom stereocenters. The predicted molar refractivity (Wildman–Crippen MR) is 70.9 cm³/mol. The topological polar surface area (TPSA) is 55.6 Å². The zero-order chi connectivity index (χ0) is 13.3. The first-order valence-electron chi connectivity index (χ1n) is 6.66. The molecule has 0 bridgehead atoms. The van der Waals surface area contributed by atoms with Gasteiger partial charge in [0.2, 0.25) is 0 Å². The number of rotatable bonds is 9. The van der Waals surface area contributed by atoms with Crippen molar-refractivity contribution in [2.24, 2.45) is 5.73 Å². The van der Waals surface area contributed by atoms with E-state index in [1.54, 1.807) is 13.8 Å². The highest BCUT2D eigenvalue weighted by atomic mass is 16.5. The quantitative estimate of drug-likeness (QED) is 0.628. The summed E-state index contributed by atoms with van der Waals surface area (Å²) in [6, 6.07) is 0. The summed E-state index contributed by atoms with van der Waals surface area (Å²) < 4.78 is 4.98. The van der Waals surface area contributed by atoms with Crippen LogP contribution in [0.15, 0.2) is 0 Å². The van der Waals surface area contributed by atoms with E-state index in [2.05, 4.69) is 18.7 Å². The molecule has 0 aromatic heterocycles. The Kier molecular flexibility index (Phi) is 8.17. The van der Waals surface area contributed by atoms with E-state index in [-0.39, 0.29) is 5.97 Å². The fourth-order valence-corrected chi connectivity index (χ4v) is 1.76. The standard InChI is InChI=1S/C13H28N2O2/c1-5-9-15(10-6-2)11-8-13(4,14)12(16)17-7-3/h5-11,14H2,1-4H3. The molecule has 1 atom stereocenters. The Hall–Kier alpha value is -0.610. The average molecular weight is 244 g/mol.